The van der Waals surface area contributed by atoms with Crippen molar-refractivity contribution in [3.8, 4) is 0 Å². The number of carbonyl (C=O) groups is 2. The summed E-state index contributed by atoms with van der Waals surface area (Å²) in [6, 6.07) is 39.8. The Kier molecular flexibility index (Phi) is 19.2. The highest BCUT2D eigenvalue weighted by molar-refractivity contribution is 8.07. The van der Waals surface area contributed by atoms with E-state index < -0.39 is 94.2 Å². The van der Waals surface area contributed by atoms with Gasteiger partial charge in [0.25, 0.3) is 19.8 Å². The number of amides is 2. The molecule has 6 aromatic rings. The Morgan fingerprint density at radius 1 is 0.790 bits per heavy atom. The molecule has 2 saturated heterocycles. The molecule has 0 saturated carbocycles. The maximum Gasteiger partial charge on any atom is 0.351 e. The van der Waals surface area contributed by atoms with Crippen LogP contribution in [0, 0.1) is 6.92 Å². The molecule has 2 N–H and O–H groups in total. The molecule has 0 radical (unpaired) electrons. The van der Waals surface area contributed by atoms with Crippen LogP contribution in [-0.4, -0.2) is 104 Å². The van der Waals surface area contributed by atoms with Gasteiger partial charge in [-0.1, -0.05) is 151 Å². The number of carbonyl (C=O) groups excluding carboxylic acids is 2. The zero-order valence-corrected chi connectivity index (χ0v) is 51.6. The van der Waals surface area contributed by atoms with E-state index in [0.717, 1.165) is 10.4 Å². The number of nitrogens with one attached hydrogen (secondary N) is 2. The van der Waals surface area contributed by atoms with Crippen molar-refractivity contribution in [3.05, 3.63) is 188 Å². The maximum absolute atomic E-state index is 14.1. The number of ether oxygens (including phenoxy) is 2. The van der Waals surface area contributed by atoms with Gasteiger partial charge in [-0.15, -0.1) is 0 Å². The van der Waals surface area contributed by atoms with E-state index >= 15 is 0 Å². The maximum atomic E-state index is 14.1. The van der Waals surface area contributed by atoms with Crippen molar-refractivity contribution >= 4 is 63.2 Å². The summed E-state index contributed by atoms with van der Waals surface area (Å²) >= 11 is 6.60. The van der Waals surface area contributed by atoms with Crippen molar-refractivity contribution in [1.29, 1.82) is 0 Å². The first-order valence-electron chi connectivity index (χ1n) is 27.2. The second kappa shape index (κ2) is 25.4. The van der Waals surface area contributed by atoms with E-state index in [2.05, 4.69) is 94.2 Å². The van der Waals surface area contributed by atoms with E-state index in [1.165, 1.54) is 39.4 Å². The van der Waals surface area contributed by atoms with Crippen LogP contribution in [0.3, 0.4) is 0 Å². The number of aromatic nitrogens is 4. The lowest BCUT2D eigenvalue weighted by molar-refractivity contribution is -0.128. The molecule has 432 valence electrons. The van der Waals surface area contributed by atoms with Crippen molar-refractivity contribution < 1.29 is 41.5 Å². The van der Waals surface area contributed by atoms with Crippen molar-refractivity contribution in [2.75, 3.05) is 32.1 Å². The lowest BCUT2D eigenvalue weighted by Gasteiger charge is -2.43. The van der Waals surface area contributed by atoms with Crippen LogP contribution in [0.25, 0.3) is 0 Å². The smallest absolute Gasteiger partial charge is 0.351 e. The summed E-state index contributed by atoms with van der Waals surface area (Å²) in [5.41, 5.74) is -0.414. The summed E-state index contributed by atoms with van der Waals surface area (Å²) in [6.07, 6.45) is -2.77. The van der Waals surface area contributed by atoms with Gasteiger partial charge >= 0.3 is 18.1 Å². The van der Waals surface area contributed by atoms with Gasteiger partial charge in [0.2, 0.25) is 5.91 Å². The highest BCUT2D eigenvalue weighted by Gasteiger charge is 2.53. The lowest BCUT2D eigenvalue weighted by Crippen LogP contribution is -2.67. The molecule has 18 nitrogen and oxygen atoms in total. The topological polar surface area (TPSA) is 204 Å². The van der Waals surface area contributed by atoms with Crippen LogP contribution in [-0.2, 0) is 48.5 Å². The summed E-state index contributed by atoms with van der Waals surface area (Å²) in [5, 5.41) is 4.14. The van der Waals surface area contributed by atoms with Gasteiger partial charge in [0.05, 0.1) is 32.0 Å². The Labute approximate surface area is 480 Å². The minimum atomic E-state index is -4.11. The van der Waals surface area contributed by atoms with Crippen LogP contribution in [0.5, 0.6) is 0 Å². The van der Waals surface area contributed by atoms with Gasteiger partial charge in [-0.05, 0) is 76.0 Å². The third-order valence-corrected chi connectivity index (χ3v) is 27.3. The molecule has 22 heteroatoms. The Bertz CT molecular complexity index is 3320. The molecule has 2 fully saturated rings. The Morgan fingerprint density at radius 3 is 1.89 bits per heavy atom. The van der Waals surface area contributed by atoms with Crippen LogP contribution in [0.4, 0.5) is 5.82 Å². The molecule has 0 aliphatic carbocycles. The number of H-pyrrole nitrogens is 1. The summed E-state index contributed by atoms with van der Waals surface area (Å²) in [4.78, 5) is 74.3. The lowest BCUT2D eigenvalue weighted by atomic mass is 10.1. The number of anilines is 1. The van der Waals surface area contributed by atoms with Gasteiger partial charge in [-0.2, -0.15) is 4.98 Å². The second-order valence-corrected chi connectivity index (χ2v) is 35.2. The minimum absolute atomic E-state index is 0.0322. The number of aromatic amines is 1. The van der Waals surface area contributed by atoms with Crippen molar-refractivity contribution in [2.45, 2.75) is 134 Å². The molecule has 4 aromatic carbocycles. The second-order valence-electron chi connectivity index (χ2n) is 23.2. The van der Waals surface area contributed by atoms with E-state index in [9.17, 15) is 24.0 Å². The minimum Gasteiger partial charge on any atom is -0.411 e. The third kappa shape index (κ3) is 14.3. The van der Waals surface area contributed by atoms with E-state index in [1.54, 1.807) is 44.3 Å². The van der Waals surface area contributed by atoms with E-state index in [-0.39, 0.29) is 49.4 Å². The van der Waals surface area contributed by atoms with Gasteiger partial charge in [-0.3, -0.25) is 33.0 Å². The van der Waals surface area contributed by atoms with E-state index in [0.29, 0.717) is 16.7 Å². The van der Waals surface area contributed by atoms with Crippen LogP contribution in [0.15, 0.2) is 154 Å². The highest BCUT2D eigenvalue weighted by atomic mass is 32.5. The summed E-state index contributed by atoms with van der Waals surface area (Å²) in [5.74, 6) is -0.594. The molecular weight excluding hydrogens is 1100 g/mol. The fraction of sp³-hybridized carbons (Fsp3) is 0.424. The molecule has 0 bridgehead atoms. The monoisotopic (exact) mass is 1180 g/mol. The SMILES string of the molecule is CC(=O)N(C)C[C@H](O[P@](=S)(OC[C@H]1O[C@@H](n2cc(C)c(=O)[nH]c2=O)C[C@@H]1O[Si](C)(C)C(C)(C)C)O[C@H]1C[C@H](n2ccc(NC(=O)c3ccccc3)nc2=O)O[C@@H]1CO[Si](c1ccccc1)(c1ccccc1)C(C)(C)C)c1ccccc1. The molecule has 2 aliphatic rings. The molecule has 8 rings (SSSR count). The van der Waals surface area contributed by atoms with Crippen LogP contribution >= 0.6 is 6.72 Å². The fourth-order valence-electron chi connectivity index (χ4n) is 9.90. The Hall–Kier alpha value is -5.82. The molecule has 2 amide bonds. The molecular formula is C59H75N6O12PSSi2. The quantitative estimate of drug-likeness (QED) is 0.0511. The first-order chi connectivity index (χ1) is 38.3. The molecule has 2 aliphatic heterocycles. The zero-order valence-electron chi connectivity index (χ0n) is 47.9. The molecule has 0 unspecified atom stereocenters. The summed E-state index contributed by atoms with van der Waals surface area (Å²) in [6.45, 7) is 15.9. The number of nitrogens with zero attached hydrogens (tertiary/aromatic N) is 4. The van der Waals surface area contributed by atoms with Crippen LogP contribution in [0.1, 0.15) is 101 Å². The summed E-state index contributed by atoms with van der Waals surface area (Å²) in [7, 11) is -4.09. The molecule has 0 spiro atoms. The number of benzene rings is 4. The van der Waals surface area contributed by atoms with Crippen LogP contribution < -0.4 is 32.6 Å². The molecule has 81 heavy (non-hydrogen) atoms. The predicted molar refractivity (Wildman–Crippen MR) is 320 cm³/mol. The van der Waals surface area contributed by atoms with Gasteiger partial charge in [-0.25, -0.2) is 9.59 Å². The number of likely N-dealkylation sites (N-methyl/N-ethyl adjacent to an activating group) is 1. The third-order valence-electron chi connectivity index (χ3n) is 15.4. The normalized spacial score (nSPS) is 20.8. The highest BCUT2D eigenvalue weighted by Crippen LogP contribution is 2.57. The first kappa shape index (κ1) is 61.3. The Morgan fingerprint density at radius 2 is 1.33 bits per heavy atom. The standard InChI is InChI=1S/C59H75N6O12PSSi2/c1-40-36-65(57(70)62-54(40)67)53-35-47(77-80(10,11)58(3,4)5)49(73-53)38-71-78(79,76-48(37-63(9)41(2)66)42-24-16-12-17-25-42)75-46-34-52(64-33-32-51(61-56(64)69)60-55(68)43-26-18-13-19-27-43)74-50(46)39-72-81(59(6,7)8,44-28-20-14-21-29-44)45-30-22-15-23-31-45/h12-33,36,46-50,52-53H,34-35,37-39H2,1-11H3,(H,62,67,70)(H,60,61,68,69)/t46-,47-,48-,49+,50+,52+,53+,78-/m0/s1. The van der Waals surface area contributed by atoms with E-state index in [4.69, 9.17) is 43.7 Å². The van der Waals surface area contributed by atoms with Gasteiger partial charge in [0.15, 0.2) is 8.32 Å². The van der Waals surface area contributed by atoms with E-state index in [1.807, 2.05) is 66.7 Å². The zero-order chi connectivity index (χ0) is 58.5. The number of hydrogen-bond donors (Lipinski definition) is 2. The van der Waals surface area contributed by atoms with Crippen LogP contribution in [0.2, 0.25) is 23.2 Å². The van der Waals surface area contributed by atoms with Gasteiger partial charge in [0.1, 0.15) is 36.6 Å². The number of rotatable bonds is 21. The van der Waals surface area contributed by atoms with Gasteiger partial charge < -0.3 is 37.6 Å². The summed E-state index contributed by atoms with van der Waals surface area (Å²) < 4.78 is 52.1. The van der Waals surface area contributed by atoms with Crippen molar-refractivity contribution in [2.24, 2.45) is 0 Å². The average Bonchev–Trinajstić information content (AvgIpc) is 4.02. The number of hydrogen-bond acceptors (Lipinski definition) is 14. The van der Waals surface area contributed by atoms with Gasteiger partial charge in [0, 0.05) is 50.3 Å². The predicted octanol–water partition coefficient (Wildman–Crippen LogP) is 8.76. The number of aryl methyl sites for hydroxylation is 1. The largest absolute Gasteiger partial charge is 0.411 e. The Balaban J connectivity index is 1.20. The van der Waals surface area contributed by atoms with Crippen molar-refractivity contribution in [1.82, 2.24) is 24.0 Å². The first-order valence-corrected chi connectivity index (χ1v) is 34.5. The van der Waals surface area contributed by atoms with Crippen molar-refractivity contribution in [3.63, 3.8) is 0 Å². The molecule has 4 heterocycles. The molecule has 2 aromatic heterocycles. The average molecular weight is 1180 g/mol. The molecule has 8 atom stereocenters. The fourth-order valence-corrected chi connectivity index (χ4v) is 18.2.